The zero-order valence-electron chi connectivity index (χ0n) is 22.6. The molecule has 0 aliphatic rings. The van der Waals surface area contributed by atoms with E-state index in [1.807, 2.05) is 6.92 Å². The summed E-state index contributed by atoms with van der Waals surface area (Å²) in [5, 5.41) is 0. The molecule has 0 N–H and O–H groups in total. The lowest BCUT2D eigenvalue weighted by atomic mass is 10.4. The molecule has 0 spiro atoms. The zero-order chi connectivity index (χ0) is 24.7. The number of carbonyl (C=O) groups is 1. The van der Waals surface area contributed by atoms with Crippen molar-refractivity contribution in [3.8, 4) is 0 Å². The maximum absolute atomic E-state index is 12.9. The largest absolute Gasteiger partial charge is 0.543 e. The van der Waals surface area contributed by atoms with Crippen LogP contribution in [-0.2, 0) is 18.4 Å². The van der Waals surface area contributed by atoms with Gasteiger partial charge in [0.05, 0.1) is 12.4 Å². The van der Waals surface area contributed by atoms with E-state index in [2.05, 4.69) is 89.7 Å². The number of rotatable bonds is 13. The van der Waals surface area contributed by atoms with Crippen molar-refractivity contribution in [1.82, 2.24) is 0 Å². The highest BCUT2D eigenvalue weighted by Gasteiger charge is 2.49. The van der Waals surface area contributed by atoms with Crippen LogP contribution in [-0.4, -0.2) is 29.2 Å². The van der Waals surface area contributed by atoms with Crippen LogP contribution < -0.4 is 0 Å². The van der Waals surface area contributed by atoms with E-state index in [0.717, 1.165) is 0 Å². The number of hydrogen-bond donors (Lipinski definition) is 0. The molecule has 0 bridgehead atoms. The van der Waals surface area contributed by atoms with Gasteiger partial charge in [-0.2, -0.15) is 0 Å². The van der Waals surface area contributed by atoms with Crippen molar-refractivity contribution in [1.29, 1.82) is 0 Å². The molecule has 0 rings (SSSR count). The highest BCUT2D eigenvalue weighted by molar-refractivity contribution is 6.78. The minimum absolute atomic E-state index is 0.244. The Morgan fingerprint density at radius 1 is 0.710 bits per heavy atom. The van der Waals surface area contributed by atoms with Gasteiger partial charge in [0.25, 0.3) is 16.6 Å². The number of carbonyl (C=O) groups excluding carboxylic acids is 1. The van der Waals surface area contributed by atoms with E-state index in [4.69, 9.17) is 13.6 Å². The Labute approximate surface area is 195 Å². The fourth-order valence-corrected chi connectivity index (χ4v) is 16.1. The predicted molar refractivity (Wildman–Crippen MR) is 138 cm³/mol. The summed E-state index contributed by atoms with van der Waals surface area (Å²) in [4.78, 5) is 12.9. The Hall–Kier alpha value is -1.02. The summed E-state index contributed by atoms with van der Waals surface area (Å²) in [7, 11) is -4.50. The minimum Gasteiger partial charge on any atom is -0.543 e. The maximum atomic E-state index is 12.9. The molecule has 182 valence electrons. The fourth-order valence-electron chi connectivity index (χ4n) is 5.63. The van der Waals surface area contributed by atoms with Crippen LogP contribution in [0.3, 0.4) is 0 Å². The molecule has 31 heavy (non-hydrogen) atoms. The molecule has 6 heteroatoms. The molecule has 0 aliphatic carbocycles. The number of allylic oxidation sites excluding steroid dienone is 1. The summed E-state index contributed by atoms with van der Waals surface area (Å²) in [5.41, 5.74) is 2.28. The van der Waals surface area contributed by atoms with Gasteiger partial charge in [0.1, 0.15) is 0 Å². The SMILES string of the molecule is C=C(/C=C(/O[Si](C(C)C)(C(C)C)C(C)C)C(=O)OCC)O[Si](C(C)C)(C(C)C)C(C)C. The Kier molecular flexibility index (Phi) is 11.9. The zero-order valence-corrected chi connectivity index (χ0v) is 24.6. The average molecular weight is 471 g/mol. The van der Waals surface area contributed by atoms with Gasteiger partial charge in [0.2, 0.25) is 0 Å². The molecule has 0 saturated heterocycles. The van der Waals surface area contributed by atoms with E-state index in [1.54, 1.807) is 6.08 Å². The molecular weight excluding hydrogens is 420 g/mol. The van der Waals surface area contributed by atoms with E-state index in [0.29, 0.717) is 45.6 Å². The van der Waals surface area contributed by atoms with Gasteiger partial charge in [0, 0.05) is 6.08 Å². The standard InChI is InChI=1S/C25H50O4Si2/c1-15-27-25(26)24(29-31(20(8)9,21(10)11)22(12)13)16-23(14)28-30(17(2)3,18(4)5)19(6)7/h16-22H,14-15H2,1-13H3/b24-16+. The topological polar surface area (TPSA) is 44.8 Å². The van der Waals surface area contributed by atoms with Crippen molar-refractivity contribution in [2.24, 2.45) is 0 Å². The summed E-state index contributed by atoms with van der Waals surface area (Å²) in [6, 6.07) is 0. The molecule has 0 aromatic rings. The maximum Gasteiger partial charge on any atom is 0.372 e. The second-order valence-electron chi connectivity index (χ2n) is 10.5. The first kappa shape index (κ1) is 30.0. The Morgan fingerprint density at radius 2 is 1.03 bits per heavy atom. The lowest BCUT2D eigenvalue weighted by Gasteiger charge is -2.43. The van der Waals surface area contributed by atoms with Gasteiger partial charge >= 0.3 is 5.97 Å². The third kappa shape index (κ3) is 6.73. The summed E-state index contributed by atoms with van der Waals surface area (Å²) in [5.74, 6) is 0.316. The molecule has 0 saturated carbocycles. The van der Waals surface area contributed by atoms with E-state index >= 15 is 0 Å². The molecule has 0 aromatic heterocycles. The van der Waals surface area contributed by atoms with Crippen LogP contribution in [0.5, 0.6) is 0 Å². The first-order valence-corrected chi connectivity index (χ1v) is 16.3. The Bertz CT molecular complexity index is 575. The third-order valence-corrected chi connectivity index (χ3v) is 18.8. The van der Waals surface area contributed by atoms with Crippen molar-refractivity contribution in [2.45, 2.75) is 123 Å². The van der Waals surface area contributed by atoms with Crippen LogP contribution in [0, 0.1) is 0 Å². The van der Waals surface area contributed by atoms with Gasteiger partial charge in [-0.05, 0) is 40.2 Å². The second kappa shape index (κ2) is 12.3. The van der Waals surface area contributed by atoms with Gasteiger partial charge in [0.15, 0.2) is 5.76 Å². The molecule has 0 fully saturated rings. The van der Waals surface area contributed by atoms with Crippen molar-refractivity contribution in [2.75, 3.05) is 6.61 Å². The summed E-state index contributed by atoms with van der Waals surface area (Å²) >= 11 is 0. The van der Waals surface area contributed by atoms with Crippen molar-refractivity contribution >= 4 is 22.6 Å². The van der Waals surface area contributed by atoms with Crippen molar-refractivity contribution in [3.63, 3.8) is 0 Å². The Morgan fingerprint density at radius 3 is 1.32 bits per heavy atom. The van der Waals surface area contributed by atoms with Crippen LogP contribution >= 0.6 is 0 Å². The van der Waals surface area contributed by atoms with Gasteiger partial charge in [-0.25, -0.2) is 4.79 Å². The summed E-state index contributed by atoms with van der Waals surface area (Å²) in [6.07, 6.45) is 1.70. The van der Waals surface area contributed by atoms with Crippen LogP contribution in [0.4, 0.5) is 0 Å². The second-order valence-corrected chi connectivity index (χ2v) is 21.3. The molecule has 0 unspecified atom stereocenters. The predicted octanol–water partition coefficient (Wildman–Crippen LogP) is 8.33. The normalized spacial score (nSPS) is 13.7. The van der Waals surface area contributed by atoms with E-state index in [-0.39, 0.29) is 5.76 Å². The van der Waals surface area contributed by atoms with Gasteiger partial charge < -0.3 is 13.6 Å². The van der Waals surface area contributed by atoms with E-state index < -0.39 is 22.6 Å². The van der Waals surface area contributed by atoms with Crippen molar-refractivity contribution < 1.29 is 18.4 Å². The molecule has 0 amide bonds. The molecule has 0 atom stereocenters. The molecule has 0 aromatic carbocycles. The van der Waals surface area contributed by atoms with Gasteiger partial charge in [-0.3, -0.25) is 0 Å². The first-order chi connectivity index (χ1) is 14.1. The lowest BCUT2D eigenvalue weighted by Crippen LogP contribution is -2.48. The first-order valence-electron chi connectivity index (χ1n) is 12.1. The third-order valence-electron chi connectivity index (χ3n) is 6.78. The van der Waals surface area contributed by atoms with Crippen LogP contribution in [0.25, 0.3) is 0 Å². The van der Waals surface area contributed by atoms with E-state index in [1.165, 1.54) is 0 Å². The molecule has 0 heterocycles. The molecule has 0 radical (unpaired) electrons. The number of ether oxygens (including phenoxy) is 1. The Balaban J connectivity index is 6.36. The lowest BCUT2D eigenvalue weighted by molar-refractivity contribution is -0.141. The summed E-state index contributed by atoms with van der Waals surface area (Å²) in [6.45, 7) is 32.9. The minimum atomic E-state index is -2.33. The van der Waals surface area contributed by atoms with Crippen LogP contribution in [0.1, 0.15) is 90.0 Å². The van der Waals surface area contributed by atoms with Gasteiger partial charge in [-0.1, -0.05) is 89.7 Å². The average Bonchev–Trinajstić information content (AvgIpc) is 2.61. The highest BCUT2D eigenvalue weighted by atomic mass is 28.4. The summed E-state index contributed by atoms with van der Waals surface area (Å²) < 4.78 is 18.7. The number of hydrogen-bond acceptors (Lipinski definition) is 4. The van der Waals surface area contributed by atoms with Gasteiger partial charge in [-0.15, -0.1) is 0 Å². The fraction of sp³-hybridized carbons (Fsp3) is 0.800. The smallest absolute Gasteiger partial charge is 0.372 e. The van der Waals surface area contributed by atoms with Crippen LogP contribution in [0.15, 0.2) is 24.2 Å². The molecule has 4 nitrogen and oxygen atoms in total. The highest BCUT2D eigenvalue weighted by Crippen LogP contribution is 2.45. The van der Waals surface area contributed by atoms with E-state index in [9.17, 15) is 4.79 Å². The molecular formula is C25H50O4Si2. The number of esters is 1. The molecule has 0 aliphatic heterocycles. The van der Waals surface area contributed by atoms with Crippen LogP contribution in [0.2, 0.25) is 33.2 Å². The monoisotopic (exact) mass is 470 g/mol. The van der Waals surface area contributed by atoms with Crippen molar-refractivity contribution in [3.05, 3.63) is 24.2 Å². The quantitative estimate of drug-likeness (QED) is 0.0892.